The third-order valence-corrected chi connectivity index (χ3v) is 4.57. The molecule has 1 heterocycles. The van der Waals surface area contributed by atoms with E-state index in [4.69, 9.17) is 29.6 Å². The van der Waals surface area contributed by atoms with E-state index in [9.17, 15) is 0 Å². The number of nitrogens with two attached hydrogens (primary N) is 1. The molecule has 3 N–H and O–H groups in total. The van der Waals surface area contributed by atoms with Crippen LogP contribution in [-0.2, 0) is 6.54 Å². The number of aromatic nitrogens is 1. The van der Waals surface area contributed by atoms with Crippen LogP contribution >= 0.6 is 39.7 Å². The smallest absolute Gasteiger partial charge is 0.163 e. The summed E-state index contributed by atoms with van der Waals surface area (Å²) in [6.45, 7) is 4.35. The lowest BCUT2D eigenvalue weighted by molar-refractivity contribution is 0.703. The van der Waals surface area contributed by atoms with Crippen molar-refractivity contribution in [1.29, 1.82) is 0 Å². The molecule has 128 valence electrons. The zero-order valence-corrected chi connectivity index (χ0v) is 16.6. The van der Waals surface area contributed by atoms with Crippen LogP contribution in [0.2, 0.25) is 5.02 Å². The molecule has 24 heavy (non-hydrogen) atoms. The monoisotopic (exact) mass is 426 g/mol. The number of anilines is 1. The first-order chi connectivity index (χ1) is 11.5. The minimum atomic E-state index is 0.330. The normalized spacial score (nSPS) is 10.5. The Morgan fingerprint density at radius 2 is 2.17 bits per heavy atom. The number of benzene rings is 1. The van der Waals surface area contributed by atoms with Crippen LogP contribution in [0.4, 0.5) is 5.82 Å². The highest BCUT2D eigenvalue weighted by atomic mass is 79.9. The van der Waals surface area contributed by atoms with E-state index in [0.717, 1.165) is 46.9 Å². The van der Waals surface area contributed by atoms with Crippen LogP contribution in [-0.4, -0.2) is 23.2 Å². The molecule has 0 spiro atoms. The molecular weight excluding hydrogens is 408 g/mol. The van der Waals surface area contributed by atoms with Gasteiger partial charge in [-0.3, -0.25) is 0 Å². The van der Waals surface area contributed by atoms with Crippen LogP contribution in [0.1, 0.15) is 17.5 Å². The van der Waals surface area contributed by atoms with Crippen molar-refractivity contribution in [3.63, 3.8) is 0 Å². The van der Waals surface area contributed by atoms with E-state index in [1.54, 1.807) is 0 Å². The van der Waals surface area contributed by atoms with Crippen LogP contribution in [0.5, 0.6) is 0 Å². The summed E-state index contributed by atoms with van der Waals surface area (Å²) in [5, 5.41) is 4.09. The molecule has 0 aliphatic rings. The van der Waals surface area contributed by atoms with Gasteiger partial charge in [0.25, 0.3) is 0 Å². The predicted molar refractivity (Wildman–Crippen MR) is 109 cm³/mol. The highest BCUT2D eigenvalue weighted by Gasteiger charge is 2.10. The molecule has 0 radical (unpaired) electrons. The van der Waals surface area contributed by atoms with E-state index >= 15 is 0 Å². The van der Waals surface area contributed by atoms with E-state index in [-0.39, 0.29) is 0 Å². The largest absolute Gasteiger partial charge is 0.376 e. The quantitative estimate of drug-likeness (QED) is 0.516. The second kappa shape index (κ2) is 9.20. The van der Waals surface area contributed by atoms with Crippen molar-refractivity contribution >= 4 is 50.7 Å². The van der Waals surface area contributed by atoms with Crippen LogP contribution < -0.4 is 16.0 Å². The van der Waals surface area contributed by atoms with Gasteiger partial charge in [-0.2, -0.15) is 0 Å². The maximum Gasteiger partial charge on any atom is 0.163 e. The van der Waals surface area contributed by atoms with Crippen molar-refractivity contribution in [1.82, 2.24) is 10.3 Å². The Bertz CT molecular complexity index is 693. The number of nitrogens with one attached hydrogen (secondary N) is 1. The van der Waals surface area contributed by atoms with Gasteiger partial charge in [-0.05, 0) is 70.8 Å². The van der Waals surface area contributed by atoms with Crippen LogP contribution in [0.3, 0.4) is 0 Å². The van der Waals surface area contributed by atoms with E-state index in [1.165, 1.54) is 5.56 Å². The van der Waals surface area contributed by atoms with Crippen LogP contribution in [0.15, 0.2) is 41.0 Å². The molecule has 2 rings (SSSR count). The maximum atomic E-state index is 6.12. The molecule has 1 aromatic heterocycles. The minimum absolute atomic E-state index is 0.330. The molecule has 2 aromatic rings. The Morgan fingerprint density at radius 1 is 1.38 bits per heavy atom. The van der Waals surface area contributed by atoms with E-state index < -0.39 is 0 Å². The summed E-state index contributed by atoms with van der Waals surface area (Å²) in [4.78, 5) is 6.74. The first-order valence-electron chi connectivity index (χ1n) is 7.60. The van der Waals surface area contributed by atoms with E-state index in [1.807, 2.05) is 31.3 Å². The fraction of sp³-hybridized carbons (Fsp3) is 0.294. The third-order valence-electron chi connectivity index (χ3n) is 3.54. The van der Waals surface area contributed by atoms with Gasteiger partial charge in [0.2, 0.25) is 0 Å². The Labute approximate surface area is 161 Å². The third kappa shape index (κ3) is 5.92. The second-order valence-electron chi connectivity index (χ2n) is 5.48. The molecule has 0 aliphatic carbocycles. The van der Waals surface area contributed by atoms with Gasteiger partial charge in [0.15, 0.2) is 5.11 Å². The molecule has 7 heteroatoms. The zero-order valence-electron chi connectivity index (χ0n) is 13.4. The van der Waals surface area contributed by atoms with Crippen LogP contribution in [0.25, 0.3) is 0 Å². The Hall–Kier alpha value is -1.37. The molecule has 4 nitrogen and oxygen atoms in total. The summed E-state index contributed by atoms with van der Waals surface area (Å²) < 4.78 is 0.962. The number of nitrogens with zero attached hydrogens (tertiary/aromatic N) is 2. The van der Waals surface area contributed by atoms with Gasteiger partial charge in [-0.1, -0.05) is 23.7 Å². The highest BCUT2D eigenvalue weighted by molar-refractivity contribution is 9.10. The van der Waals surface area contributed by atoms with Gasteiger partial charge in [0.1, 0.15) is 5.82 Å². The molecule has 1 aromatic carbocycles. The Morgan fingerprint density at radius 3 is 2.79 bits per heavy atom. The molecule has 0 saturated carbocycles. The van der Waals surface area contributed by atoms with Crippen molar-refractivity contribution in [2.45, 2.75) is 19.9 Å². The summed E-state index contributed by atoms with van der Waals surface area (Å²) in [6.07, 6.45) is 2.71. The minimum Gasteiger partial charge on any atom is -0.376 e. The Balaban J connectivity index is 2.10. The number of aryl methyl sites for hydroxylation is 1. The number of pyridine rings is 1. The molecule has 0 unspecified atom stereocenters. The average Bonchev–Trinajstić information content (AvgIpc) is 2.54. The standard InChI is InChI=1S/C17H20BrClN4S/c1-12-9-13(3-5-15(12)19)11-23(8-2-7-21-17(20)24)16-6-4-14(18)10-22-16/h3-6,9-10H,2,7-8,11H2,1H3,(H3,20,21,24). The average molecular weight is 428 g/mol. The van der Waals surface area contributed by atoms with Crippen molar-refractivity contribution < 1.29 is 0 Å². The number of hydrogen-bond donors (Lipinski definition) is 2. The predicted octanol–water partition coefficient (Wildman–Crippen LogP) is 4.04. The lowest BCUT2D eigenvalue weighted by atomic mass is 10.1. The van der Waals surface area contributed by atoms with Gasteiger partial charge in [-0.15, -0.1) is 0 Å². The number of hydrogen-bond acceptors (Lipinski definition) is 3. The number of rotatable bonds is 7. The van der Waals surface area contributed by atoms with Crippen molar-refractivity contribution in [2.75, 3.05) is 18.0 Å². The van der Waals surface area contributed by atoms with Gasteiger partial charge >= 0.3 is 0 Å². The Kier molecular flexibility index (Phi) is 7.27. The molecule has 0 aliphatic heterocycles. The number of halogens is 2. The molecule has 0 atom stereocenters. The fourth-order valence-corrected chi connectivity index (χ4v) is 2.79. The number of thiocarbonyl (C=S) groups is 1. The molecule has 0 fully saturated rings. The van der Waals surface area contributed by atoms with Crippen molar-refractivity contribution in [3.8, 4) is 0 Å². The van der Waals surface area contributed by atoms with E-state index in [0.29, 0.717) is 5.11 Å². The van der Waals surface area contributed by atoms with Gasteiger partial charge in [0.05, 0.1) is 0 Å². The SMILES string of the molecule is Cc1cc(CN(CCCNC(N)=S)c2ccc(Br)cn2)ccc1Cl. The highest BCUT2D eigenvalue weighted by Crippen LogP contribution is 2.21. The van der Waals surface area contributed by atoms with Gasteiger partial charge in [0, 0.05) is 35.3 Å². The summed E-state index contributed by atoms with van der Waals surface area (Å²) in [7, 11) is 0. The van der Waals surface area contributed by atoms with Gasteiger partial charge < -0.3 is 16.0 Å². The molecule has 0 saturated heterocycles. The topological polar surface area (TPSA) is 54.2 Å². The first kappa shape index (κ1) is 19.0. The summed E-state index contributed by atoms with van der Waals surface area (Å²) in [5.74, 6) is 0.932. The lowest BCUT2D eigenvalue weighted by Gasteiger charge is -2.24. The fourth-order valence-electron chi connectivity index (χ4n) is 2.34. The van der Waals surface area contributed by atoms with Crippen LogP contribution in [0, 0.1) is 6.92 Å². The molecule has 0 amide bonds. The first-order valence-corrected chi connectivity index (χ1v) is 9.18. The molecular formula is C17H20BrClN4S. The lowest BCUT2D eigenvalue weighted by Crippen LogP contribution is -2.33. The zero-order chi connectivity index (χ0) is 17.5. The van der Waals surface area contributed by atoms with Crippen molar-refractivity contribution in [2.24, 2.45) is 5.73 Å². The van der Waals surface area contributed by atoms with Crippen molar-refractivity contribution in [3.05, 3.63) is 57.2 Å². The molecule has 0 bridgehead atoms. The van der Waals surface area contributed by atoms with Gasteiger partial charge in [-0.25, -0.2) is 4.98 Å². The maximum absolute atomic E-state index is 6.12. The van der Waals surface area contributed by atoms with E-state index in [2.05, 4.69) is 43.3 Å². The summed E-state index contributed by atoms with van der Waals surface area (Å²) in [5.41, 5.74) is 7.74. The second-order valence-corrected chi connectivity index (χ2v) is 7.25. The summed E-state index contributed by atoms with van der Waals surface area (Å²) in [6, 6.07) is 10.1. The summed E-state index contributed by atoms with van der Waals surface area (Å²) >= 11 is 14.4.